The molecule has 0 aliphatic rings. The van der Waals surface area contributed by atoms with E-state index in [1.807, 2.05) is 32.8 Å². The lowest BCUT2D eigenvalue weighted by molar-refractivity contribution is 0.343. The van der Waals surface area contributed by atoms with Crippen molar-refractivity contribution in [2.24, 2.45) is 5.92 Å². The SMILES string of the molecule is CC(C)C(CN(C)C)Nc1c(F)cc(N)cc1F. The van der Waals surface area contributed by atoms with Gasteiger partial charge in [-0.15, -0.1) is 0 Å². The van der Waals surface area contributed by atoms with Gasteiger partial charge in [-0.3, -0.25) is 0 Å². The number of hydrogen-bond donors (Lipinski definition) is 2. The van der Waals surface area contributed by atoms with E-state index in [1.54, 1.807) is 0 Å². The maximum Gasteiger partial charge on any atom is 0.151 e. The standard InChI is InChI=1S/C13H21F2N3/c1-8(2)12(7-18(3)4)17-13-10(14)5-9(16)6-11(13)15/h5-6,8,12,17H,7,16H2,1-4H3. The molecule has 0 radical (unpaired) electrons. The van der Waals surface area contributed by atoms with E-state index in [1.165, 1.54) is 0 Å². The first-order chi connectivity index (χ1) is 8.31. The average Bonchev–Trinajstić information content (AvgIpc) is 2.20. The highest BCUT2D eigenvalue weighted by Crippen LogP contribution is 2.24. The lowest BCUT2D eigenvalue weighted by atomic mass is 10.0. The molecule has 1 aromatic carbocycles. The van der Waals surface area contributed by atoms with E-state index in [-0.39, 0.29) is 23.3 Å². The van der Waals surface area contributed by atoms with Gasteiger partial charge in [-0.1, -0.05) is 13.8 Å². The molecule has 0 spiro atoms. The number of nitrogens with zero attached hydrogens (tertiary/aromatic N) is 1. The van der Waals surface area contributed by atoms with Crippen LogP contribution in [0.4, 0.5) is 20.2 Å². The lowest BCUT2D eigenvalue weighted by Gasteiger charge is -2.27. The summed E-state index contributed by atoms with van der Waals surface area (Å²) < 4.78 is 27.4. The Morgan fingerprint density at radius 2 is 1.72 bits per heavy atom. The van der Waals surface area contributed by atoms with Gasteiger partial charge in [-0.25, -0.2) is 8.78 Å². The summed E-state index contributed by atoms with van der Waals surface area (Å²) in [5, 5.41) is 2.93. The van der Waals surface area contributed by atoms with Crippen molar-refractivity contribution in [3.8, 4) is 0 Å². The Bertz CT molecular complexity index is 382. The summed E-state index contributed by atoms with van der Waals surface area (Å²) in [5.74, 6) is -1.06. The molecule has 1 aromatic rings. The predicted molar refractivity (Wildman–Crippen MR) is 71.6 cm³/mol. The molecule has 0 aliphatic carbocycles. The van der Waals surface area contributed by atoms with Gasteiger partial charge >= 0.3 is 0 Å². The van der Waals surface area contributed by atoms with Crippen molar-refractivity contribution in [2.45, 2.75) is 19.9 Å². The van der Waals surface area contributed by atoms with Crippen LogP contribution in [0.15, 0.2) is 12.1 Å². The van der Waals surface area contributed by atoms with Crippen molar-refractivity contribution in [3.63, 3.8) is 0 Å². The summed E-state index contributed by atoms with van der Waals surface area (Å²) in [6.07, 6.45) is 0. The van der Waals surface area contributed by atoms with Crippen molar-refractivity contribution >= 4 is 11.4 Å². The fourth-order valence-electron chi connectivity index (χ4n) is 1.73. The van der Waals surface area contributed by atoms with Gasteiger partial charge in [0.2, 0.25) is 0 Å². The van der Waals surface area contributed by atoms with Gasteiger partial charge < -0.3 is 16.0 Å². The molecule has 3 N–H and O–H groups in total. The van der Waals surface area contributed by atoms with E-state index in [0.717, 1.165) is 12.1 Å². The second-order valence-electron chi connectivity index (χ2n) is 5.12. The van der Waals surface area contributed by atoms with Gasteiger partial charge in [0, 0.05) is 18.3 Å². The van der Waals surface area contributed by atoms with E-state index < -0.39 is 11.6 Å². The van der Waals surface area contributed by atoms with Crippen LogP contribution < -0.4 is 11.1 Å². The van der Waals surface area contributed by atoms with Crippen LogP contribution in [0.5, 0.6) is 0 Å². The van der Waals surface area contributed by atoms with Crippen molar-refractivity contribution in [2.75, 3.05) is 31.7 Å². The van der Waals surface area contributed by atoms with Crippen molar-refractivity contribution in [3.05, 3.63) is 23.8 Å². The molecule has 0 aliphatic heterocycles. The number of halogens is 2. The summed E-state index contributed by atoms with van der Waals surface area (Å²) in [7, 11) is 3.85. The average molecular weight is 257 g/mol. The van der Waals surface area contributed by atoms with Crippen molar-refractivity contribution in [1.82, 2.24) is 4.90 Å². The van der Waals surface area contributed by atoms with E-state index in [9.17, 15) is 8.78 Å². The molecule has 3 nitrogen and oxygen atoms in total. The first-order valence-corrected chi connectivity index (χ1v) is 5.97. The highest BCUT2D eigenvalue weighted by molar-refractivity contribution is 5.54. The maximum absolute atomic E-state index is 13.7. The maximum atomic E-state index is 13.7. The number of rotatable bonds is 5. The molecule has 5 heteroatoms. The Kier molecular flexibility index (Phi) is 4.90. The predicted octanol–water partition coefficient (Wildman–Crippen LogP) is 2.55. The molecule has 0 saturated heterocycles. The zero-order chi connectivity index (χ0) is 13.9. The van der Waals surface area contributed by atoms with E-state index in [4.69, 9.17) is 5.73 Å². The third-order valence-electron chi connectivity index (χ3n) is 2.76. The molecule has 102 valence electrons. The van der Waals surface area contributed by atoms with Crippen LogP contribution in [0, 0.1) is 17.6 Å². The highest BCUT2D eigenvalue weighted by Gasteiger charge is 2.18. The van der Waals surface area contributed by atoms with Gasteiger partial charge in [0.1, 0.15) is 5.69 Å². The number of likely N-dealkylation sites (N-methyl/N-ethyl adjacent to an activating group) is 1. The Labute approximate surface area is 107 Å². The molecular weight excluding hydrogens is 236 g/mol. The van der Waals surface area contributed by atoms with Crippen molar-refractivity contribution in [1.29, 1.82) is 0 Å². The molecule has 0 aromatic heterocycles. The molecule has 1 unspecified atom stereocenters. The smallest absolute Gasteiger partial charge is 0.151 e. The van der Waals surface area contributed by atoms with Crippen LogP contribution >= 0.6 is 0 Å². The van der Waals surface area contributed by atoms with E-state index in [0.29, 0.717) is 6.54 Å². The monoisotopic (exact) mass is 257 g/mol. The van der Waals surface area contributed by atoms with E-state index >= 15 is 0 Å². The van der Waals surface area contributed by atoms with Gasteiger partial charge in [-0.05, 0) is 32.1 Å². The summed E-state index contributed by atoms with van der Waals surface area (Å²) >= 11 is 0. The summed E-state index contributed by atoms with van der Waals surface area (Å²) in [6, 6.07) is 2.21. The minimum absolute atomic E-state index is 0.0346. The Balaban J connectivity index is 2.93. The van der Waals surface area contributed by atoms with Gasteiger partial charge in [-0.2, -0.15) is 0 Å². The van der Waals surface area contributed by atoms with Crippen LogP contribution in [0.2, 0.25) is 0 Å². The first kappa shape index (κ1) is 14.7. The minimum Gasteiger partial charge on any atom is -0.399 e. The molecule has 0 amide bonds. The number of hydrogen-bond acceptors (Lipinski definition) is 3. The largest absolute Gasteiger partial charge is 0.399 e. The van der Waals surface area contributed by atoms with E-state index in [2.05, 4.69) is 5.32 Å². The molecule has 0 bridgehead atoms. The summed E-state index contributed by atoms with van der Waals surface area (Å²) in [5.41, 5.74) is 5.36. The Morgan fingerprint density at radius 3 is 2.11 bits per heavy atom. The van der Waals surface area contributed by atoms with Crippen molar-refractivity contribution < 1.29 is 8.78 Å². The quantitative estimate of drug-likeness (QED) is 0.796. The third-order valence-corrected chi connectivity index (χ3v) is 2.76. The first-order valence-electron chi connectivity index (χ1n) is 5.97. The fraction of sp³-hybridized carbons (Fsp3) is 0.538. The lowest BCUT2D eigenvalue weighted by Crippen LogP contribution is -2.37. The number of anilines is 2. The molecule has 0 heterocycles. The molecule has 1 rings (SSSR count). The Morgan fingerprint density at radius 1 is 1.22 bits per heavy atom. The second-order valence-corrected chi connectivity index (χ2v) is 5.12. The van der Waals surface area contributed by atoms with Gasteiger partial charge in [0.25, 0.3) is 0 Å². The number of nitrogens with one attached hydrogen (secondary N) is 1. The molecule has 0 fully saturated rings. The minimum atomic E-state index is -0.656. The van der Waals surface area contributed by atoms with Gasteiger partial charge in [0.05, 0.1) is 0 Å². The summed E-state index contributed by atoms with van der Waals surface area (Å²) in [6.45, 7) is 4.71. The second kappa shape index (κ2) is 6.00. The summed E-state index contributed by atoms with van der Waals surface area (Å²) in [4.78, 5) is 1.98. The van der Waals surface area contributed by atoms with Crippen LogP contribution in [0.25, 0.3) is 0 Å². The molecule has 0 saturated carbocycles. The normalized spacial score (nSPS) is 13.1. The topological polar surface area (TPSA) is 41.3 Å². The number of nitrogens with two attached hydrogens (primary N) is 1. The molecule has 18 heavy (non-hydrogen) atoms. The van der Waals surface area contributed by atoms with Crippen LogP contribution in [0.1, 0.15) is 13.8 Å². The molecular formula is C13H21F2N3. The fourth-order valence-corrected chi connectivity index (χ4v) is 1.73. The third kappa shape index (κ3) is 3.84. The zero-order valence-electron chi connectivity index (χ0n) is 11.3. The van der Waals surface area contributed by atoms with Gasteiger partial charge in [0.15, 0.2) is 11.6 Å². The number of benzene rings is 1. The zero-order valence-corrected chi connectivity index (χ0v) is 11.3. The Hall–Kier alpha value is -1.36. The highest BCUT2D eigenvalue weighted by atomic mass is 19.1. The van der Waals surface area contributed by atoms with Crippen LogP contribution in [0.3, 0.4) is 0 Å². The van der Waals surface area contributed by atoms with Crippen LogP contribution in [-0.4, -0.2) is 31.6 Å². The molecule has 1 atom stereocenters. The number of nitrogen functional groups attached to an aromatic ring is 1. The van der Waals surface area contributed by atoms with Crippen LogP contribution in [-0.2, 0) is 0 Å².